The monoisotopic (exact) mass is 474 g/mol. The van der Waals surface area contributed by atoms with Crippen molar-refractivity contribution in [3.63, 3.8) is 0 Å². The fourth-order valence-electron chi connectivity index (χ4n) is 3.19. The van der Waals surface area contributed by atoms with Gasteiger partial charge in [-0.1, -0.05) is 12.1 Å². The first-order chi connectivity index (χ1) is 12.7. The normalized spacial score (nSPS) is 16.4. The van der Waals surface area contributed by atoms with Crippen molar-refractivity contribution in [3.05, 3.63) is 45.3 Å². The predicted molar refractivity (Wildman–Crippen MR) is 118 cm³/mol. The molecule has 0 atom stereocenters. The Bertz CT molecular complexity index is 816. The van der Waals surface area contributed by atoms with Crippen molar-refractivity contribution in [2.24, 2.45) is 9.98 Å². The zero-order valence-electron chi connectivity index (χ0n) is 14.4. The minimum Gasteiger partial charge on any atom is -0.343 e. The maximum absolute atomic E-state index is 4.48. The van der Waals surface area contributed by atoms with Crippen molar-refractivity contribution in [1.82, 2.24) is 0 Å². The van der Waals surface area contributed by atoms with Crippen molar-refractivity contribution in [2.45, 2.75) is 25.7 Å². The summed E-state index contributed by atoms with van der Waals surface area (Å²) < 4.78 is 2.09. The van der Waals surface area contributed by atoms with Gasteiger partial charge in [0.05, 0.1) is 11.4 Å². The molecule has 2 aromatic carbocycles. The standard InChI is InChI=1S/C20H20Br2N4/c21-15-11-13(5-7-17(15)25-19-3-1-9-23-19)14-6-8-18(16(22)12-14)26-20-4-2-10-24-20/h5-8,11-12H,1-4,9-10H2,(H,23,25)(H,24,26). The van der Waals surface area contributed by atoms with Gasteiger partial charge in [-0.3, -0.25) is 9.98 Å². The number of rotatable bonds is 3. The van der Waals surface area contributed by atoms with Crippen LogP contribution in [0.25, 0.3) is 11.1 Å². The molecule has 26 heavy (non-hydrogen) atoms. The van der Waals surface area contributed by atoms with E-state index in [4.69, 9.17) is 0 Å². The van der Waals surface area contributed by atoms with Crippen LogP contribution in [0.3, 0.4) is 0 Å². The summed E-state index contributed by atoms with van der Waals surface area (Å²) in [7, 11) is 0. The number of hydrogen-bond donors (Lipinski definition) is 2. The Morgan fingerprint density at radius 3 is 1.50 bits per heavy atom. The summed E-state index contributed by atoms with van der Waals surface area (Å²) >= 11 is 7.37. The molecule has 134 valence electrons. The van der Waals surface area contributed by atoms with Gasteiger partial charge in [0.25, 0.3) is 0 Å². The number of amidine groups is 2. The Hall–Kier alpha value is -1.66. The molecule has 0 fully saturated rings. The van der Waals surface area contributed by atoms with Crippen molar-refractivity contribution < 1.29 is 0 Å². The summed E-state index contributed by atoms with van der Waals surface area (Å²) in [6, 6.07) is 12.8. The van der Waals surface area contributed by atoms with Crippen LogP contribution in [-0.2, 0) is 0 Å². The van der Waals surface area contributed by atoms with Crippen LogP contribution in [0.4, 0.5) is 11.4 Å². The molecule has 0 radical (unpaired) electrons. The zero-order valence-corrected chi connectivity index (χ0v) is 17.5. The fraction of sp³-hybridized carbons (Fsp3) is 0.300. The van der Waals surface area contributed by atoms with E-state index in [1.165, 1.54) is 11.1 Å². The van der Waals surface area contributed by atoms with Crippen molar-refractivity contribution in [1.29, 1.82) is 0 Å². The van der Waals surface area contributed by atoms with Crippen LogP contribution in [0, 0.1) is 0 Å². The van der Waals surface area contributed by atoms with E-state index in [9.17, 15) is 0 Å². The van der Waals surface area contributed by atoms with E-state index in [1.807, 2.05) is 0 Å². The van der Waals surface area contributed by atoms with Crippen LogP contribution in [0.2, 0.25) is 0 Å². The number of nitrogens with zero attached hydrogens (tertiary/aromatic N) is 2. The van der Waals surface area contributed by atoms with Crippen LogP contribution in [0.1, 0.15) is 25.7 Å². The number of hydrogen-bond acceptors (Lipinski definition) is 4. The molecule has 4 rings (SSSR count). The molecular weight excluding hydrogens is 456 g/mol. The average molecular weight is 476 g/mol. The lowest BCUT2D eigenvalue weighted by atomic mass is 10.0. The van der Waals surface area contributed by atoms with E-state index < -0.39 is 0 Å². The van der Waals surface area contributed by atoms with Gasteiger partial charge in [0, 0.05) is 34.9 Å². The van der Waals surface area contributed by atoms with Crippen LogP contribution >= 0.6 is 31.9 Å². The molecule has 0 spiro atoms. The van der Waals surface area contributed by atoms with E-state index in [0.717, 1.165) is 70.8 Å². The van der Waals surface area contributed by atoms with Gasteiger partial charge in [-0.15, -0.1) is 0 Å². The Labute approximate surface area is 170 Å². The molecule has 2 aromatic rings. The molecule has 0 bridgehead atoms. The molecule has 0 unspecified atom stereocenters. The number of anilines is 2. The molecule has 6 heteroatoms. The highest BCUT2D eigenvalue weighted by Crippen LogP contribution is 2.33. The summed E-state index contributed by atoms with van der Waals surface area (Å²) in [5.41, 5.74) is 4.46. The summed E-state index contributed by atoms with van der Waals surface area (Å²) in [5, 5.41) is 6.84. The van der Waals surface area contributed by atoms with Crippen LogP contribution < -0.4 is 10.6 Å². The van der Waals surface area contributed by atoms with Gasteiger partial charge in [0.2, 0.25) is 0 Å². The first-order valence-electron chi connectivity index (χ1n) is 8.89. The highest BCUT2D eigenvalue weighted by molar-refractivity contribution is 9.11. The Morgan fingerprint density at radius 1 is 0.692 bits per heavy atom. The second-order valence-corrected chi connectivity index (χ2v) is 8.21. The predicted octanol–water partition coefficient (Wildman–Crippen LogP) is 6.09. The fourth-order valence-corrected chi connectivity index (χ4v) is 4.14. The summed E-state index contributed by atoms with van der Waals surface area (Å²) in [6.07, 6.45) is 4.33. The van der Waals surface area contributed by atoms with Gasteiger partial charge in [0.1, 0.15) is 11.7 Å². The molecule has 0 amide bonds. The number of halogens is 2. The maximum atomic E-state index is 4.48. The molecule has 0 aromatic heterocycles. The molecule has 2 aliphatic rings. The Morgan fingerprint density at radius 2 is 1.15 bits per heavy atom. The van der Waals surface area contributed by atoms with Crippen LogP contribution in [0.15, 0.2) is 55.3 Å². The first kappa shape index (κ1) is 17.7. The number of nitrogens with one attached hydrogen (secondary N) is 2. The summed E-state index contributed by atoms with van der Waals surface area (Å²) in [5.74, 6) is 2.15. The Kier molecular flexibility index (Phi) is 5.41. The lowest BCUT2D eigenvalue weighted by molar-refractivity contribution is 0.951. The SMILES string of the molecule is Brc1cc(-c2ccc(NC3=NCCC3)c(Br)c2)ccc1NC1=NCCC1. The molecule has 2 N–H and O–H groups in total. The van der Waals surface area contributed by atoms with E-state index in [2.05, 4.69) is 88.9 Å². The Balaban J connectivity index is 1.53. The lowest BCUT2D eigenvalue weighted by Crippen LogP contribution is -2.09. The molecule has 0 aliphatic carbocycles. The maximum Gasteiger partial charge on any atom is 0.101 e. The van der Waals surface area contributed by atoms with Crippen molar-refractivity contribution >= 4 is 54.9 Å². The molecule has 4 nitrogen and oxygen atoms in total. The van der Waals surface area contributed by atoms with E-state index in [1.54, 1.807) is 0 Å². The molecule has 0 saturated heterocycles. The smallest absolute Gasteiger partial charge is 0.101 e. The zero-order chi connectivity index (χ0) is 17.9. The largest absolute Gasteiger partial charge is 0.343 e. The van der Waals surface area contributed by atoms with E-state index in [0.29, 0.717) is 0 Å². The molecule has 2 heterocycles. The van der Waals surface area contributed by atoms with Gasteiger partial charge in [-0.2, -0.15) is 0 Å². The minimum absolute atomic E-state index is 0.929. The van der Waals surface area contributed by atoms with Gasteiger partial charge in [-0.05, 0) is 80.1 Å². The minimum atomic E-state index is 0.929. The molecule has 0 saturated carbocycles. The topological polar surface area (TPSA) is 48.8 Å². The number of aliphatic imine (C=N–C) groups is 2. The van der Waals surface area contributed by atoms with Gasteiger partial charge >= 0.3 is 0 Å². The summed E-state index contributed by atoms with van der Waals surface area (Å²) in [6.45, 7) is 1.86. The third kappa shape index (κ3) is 4.01. The third-order valence-electron chi connectivity index (χ3n) is 4.58. The van der Waals surface area contributed by atoms with E-state index in [-0.39, 0.29) is 0 Å². The highest BCUT2D eigenvalue weighted by Gasteiger charge is 2.11. The lowest BCUT2D eigenvalue weighted by Gasteiger charge is -2.12. The molecule has 2 aliphatic heterocycles. The van der Waals surface area contributed by atoms with Gasteiger partial charge in [0.15, 0.2) is 0 Å². The van der Waals surface area contributed by atoms with Gasteiger partial charge in [-0.25, -0.2) is 0 Å². The first-order valence-corrected chi connectivity index (χ1v) is 10.5. The molecular formula is C20H20Br2N4. The van der Waals surface area contributed by atoms with E-state index >= 15 is 0 Å². The number of benzene rings is 2. The third-order valence-corrected chi connectivity index (χ3v) is 5.89. The highest BCUT2D eigenvalue weighted by atomic mass is 79.9. The van der Waals surface area contributed by atoms with Crippen LogP contribution in [0.5, 0.6) is 0 Å². The van der Waals surface area contributed by atoms with Crippen molar-refractivity contribution in [2.75, 3.05) is 23.7 Å². The quantitative estimate of drug-likeness (QED) is 0.564. The van der Waals surface area contributed by atoms with Gasteiger partial charge < -0.3 is 10.6 Å². The second-order valence-electron chi connectivity index (χ2n) is 6.50. The average Bonchev–Trinajstić information content (AvgIpc) is 3.32. The summed E-state index contributed by atoms with van der Waals surface area (Å²) in [4.78, 5) is 8.96. The van der Waals surface area contributed by atoms with Crippen LogP contribution in [-0.4, -0.2) is 24.8 Å². The van der Waals surface area contributed by atoms with Crippen molar-refractivity contribution in [3.8, 4) is 11.1 Å². The second kappa shape index (κ2) is 7.92.